The topological polar surface area (TPSA) is 90.7 Å². The summed E-state index contributed by atoms with van der Waals surface area (Å²) in [5.41, 5.74) is 0. The summed E-state index contributed by atoms with van der Waals surface area (Å²) in [6.45, 7) is 2.58. The highest BCUT2D eigenvalue weighted by atomic mass is 35.5. The first-order valence-corrected chi connectivity index (χ1v) is 12.8. The Hall–Kier alpha value is -1.97. The fourth-order valence-electron chi connectivity index (χ4n) is 2.83. The van der Waals surface area contributed by atoms with Crippen LogP contribution in [0.25, 0.3) is 0 Å². The number of alkyl halides is 1. The van der Waals surface area contributed by atoms with Crippen molar-refractivity contribution in [2.45, 2.75) is 29.4 Å². The third-order valence-corrected chi connectivity index (χ3v) is 7.45. The van der Waals surface area contributed by atoms with E-state index in [9.17, 15) is 13.5 Å². The first-order valence-electron chi connectivity index (χ1n) is 10.00. The second kappa shape index (κ2) is 11.4. The molecule has 0 aliphatic heterocycles. The van der Waals surface area contributed by atoms with Crippen molar-refractivity contribution in [1.82, 2.24) is 9.55 Å². The summed E-state index contributed by atoms with van der Waals surface area (Å²) >= 11 is 18.3. The van der Waals surface area contributed by atoms with Crippen molar-refractivity contribution in [3.05, 3.63) is 65.2 Å². The van der Waals surface area contributed by atoms with Crippen molar-refractivity contribution in [3.63, 3.8) is 0 Å². The molecular formula is C22H23Cl3N2O5S. The number of hydrogen-bond donors (Lipinski definition) is 1. The standard InChI is InChI=1S/C22H23Cl3N2O5S/c1-15(10-23)12-32-22-20(24)8-19(9-21(22)25)33(29,30)18-4-2-17(3-5-18)31-13-16(28)11-27-7-6-26-14-27/h2-9,14-16,28H,10-13H2,1H3/t15-,16-/m0/s1. The number of benzene rings is 2. The Labute approximate surface area is 207 Å². The fraction of sp³-hybridized carbons (Fsp3) is 0.318. The molecule has 1 aromatic heterocycles. The Kier molecular flexibility index (Phi) is 8.89. The summed E-state index contributed by atoms with van der Waals surface area (Å²) in [5, 5.41) is 10.2. The van der Waals surface area contributed by atoms with Gasteiger partial charge >= 0.3 is 0 Å². The molecule has 0 fully saturated rings. The smallest absolute Gasteiger partial charge is 0.206 e. The molecule has 0 radical (unpaired) electrons. The minimum absolute atomic E-state index is 0.0410. The van der Waals surface area contributed by atoms with Gasteiger partial charge in [0, 0.05) is 24.2 Å². The van der Waals surface area contributed by atoms with Gasteiger partial charge in [-0.2, -0.15) is 0 Å². The van der Waals surface area contributed by atoms with Gasteiger partial charge in [0.05, 0.1) is 39.3 Å². The lowest BCUT2D eigenvalue weighted by atomic mass is 10.2. The number of nitrogens with zero attached hydrogens (tertiary/aromatic N) is 2. The Balaban J connectivity index is 1.68. The van der Waals surface area contributed by atoms with Gasteiger partial charge in [0.2, 0.25) is 9.84 Å². The number of aliphatic hydroxyl groups excluding tert-OH is 1. The van der Waals surface area contributed by atoms with E-state index in [1.807, 2.05) is 6.92 Å². The van der Waals surface area contributed by atoms with E-state index in [0.717, 1.165) is 0 Å². The monoisotopic (exact) mass is 532 g/mol. The van der Waals surface area contributed by atoms with Crippen LogP contribution in [0.3, 0.4) is 0 Å². The zero-order chi connectivity index (χ0) is 24.0. The Bertz CT molecular complexity index is 1130. The Morgan fingerprint density at radius 2 is 1.73 bits per heavy atom. The molecule has 3 aromatic rings. The third kappa shape index (κ3) is 6.77. The molecule has 33 heavy (non-hydrogen) atoms. The van der Waals surface area contributed by atoms with Crippen molar-refractivity contribution in [1.29, 1.82) is 0 Å². The minimum Gasteiger partial charge on any atom is -0.491 e. The van der Waals surface area contributed by atoms with Crippen LogP contribution in [0, 0.1) is 5.92 Å². The van der Waals surface area contributed by atoms with E-state index < -0.39 is 15.9 Å². The predicted molar refractivity (Wildman–Crippen MR) is 127 cm³/mol. The van der Waals surface area contributed by atoms with Crippen molar-refractivity contribution >= 4 is 44.6 Å². The number of sulfone groups is 1. The van der Waals surface area contributed by atoms with Gasteiger partial charge in [-0.1, -0.05) is 30.1 Å². The van der Waals surface area contributed by atoms with E-state index >= 15 is 0 Å². The van der Waals surface area contributed by atoms with Gasteiger partial charge in [0.25, 0.3) is 0 Å². The van der Waals surface area contributed by atoms with E-state index in [-0.39, 0.29) is 38.1 Å². The Morgan fingerprint density at radius 1 is 1.06 bits per heavy atom. The third-order valence-electron chi connectivity index (χ3n) is 4.61. The molecule has 7 nitrogen and oxygen atoms in total. The van der Waals surface area contributed by atoms with Crippen LogP contribution < -0.4 is 9.47 Å². The van der Waals surface area contributed by atoms with Crippen LogP contribution in [0.5, 0.6) is 11.5 Å². The molecule has 0 saturated carbocycles. The largest absolute Gasteiger partial charge is 0.491 e. The van der Waals surface area contributed by atoms with Gasteiger partial charge in [-0.25, -0.2) is 13.4 Å². The minimum atomic E-state index is -3.88. The summed E-state index contributed by atoms with van der Waals surface area (Å²) in [4.78, 5) is 3.90. The molecule has 0 bridgehead atoms. The molecule has 0 spiro atoms. The summed E-state index contributed by atoms with van der Waals surface area (Å²) in [6, 6.07) is 8.49. The van der Waals surface area contributed by atoms with E-state index in [2.05, 4.69) is 4.98 Å². The maximum absolute atomic E-state index is 13.1. The van der Waals surface area contributed by atoms with E-state index in [1.165, 1.54) is 36.4 Å². The van der Waals surface area contributed by atoms with Crippen molar-refractivity contribution in [2.24, 2.45) is 5.92 Å². The number of hydrogen-bond acceptors (Lipinski definition) is 6. The summed E-state index contributed by atoms with van der Waals surface area (Å²) in [5.74, 6) is 1.12. The highest BCUT2D eigenvalue weighted by Gasteiger charge is 2.22. The van der Waals surface area contributed by atoms with Gasteiger partial charge < -0.3 is 19.1 Å². The molecule has 0 aliphatic carbocycles. The number of aliphatic hydroxyl groups is 1. The zero-order valence-electron chi connectivity index (χ0n) is 17.7. The second-order valence-electron chi connectivity index (χ2n) is 7.49. The molecule has 0 saturated heterocycles. The summed E-state index contributed by atoms with van der Waals surface area (Å²) in [6.07, 6.45) is 4.21. The van der Waals surface area contributed by atoms with Crippen molar-refractivity contribution in [3.8, 4) is 11.5 Å². The highest BCUT2D eigenvalue weighted by molar-refractivity contribution is 7.91. The van der Waals surface area contributed by atoms with Crippen LogP contribution in [0.2, 0.25) is 10.0 Å². The lowest BCUT2D eigenvalue weighted by molar-refractivity contribution is 0.0924. The van der Waals surface area contributed by atoms with Gasteiger partial charge in [0.1, 0.15) is 18.5 Å². The van der Waals surface area contributed by atoms with Gasteiger partial charge in [0.15, 0.2) is 5.75 Å². The Morgan fingerprint density at radius 3 is 2.30 bits per heavy atom. The van der Waals surface area contributed by atoms with Gasteiger partial charge in [-0.15, -0.1) is 11.6 Å². The first kappa shape index (κ1) is 25.6. The predicted octanol–water partition coefficient (Wildman–Crippen LogP) is 4.72. The molecular weight excluding hydrogens is 511 g/mol. The van der Waals surface area contributed by atoms with Crippen molar-refractivity contribution in [2.75, 3.05) is 19.1 Å². The lowest BCUT2D eigenvalue weighted by Crippen LogP contribution is -2.23. The number of imidazole rings is 1. The molecule has 11 heteroatoms. The molecule has 2 aromatic carbocycles. The van der Waals surface area contributed by atoms with Crippen LogP contribution in [-0.2, 0) is 16.4 Å². The average molecular weight is 534 g/mol. The normalized spacial score (nSPS) is 13.5. The van der Waals surface area contributed by atoms with Crippen LogP contribution in [0.15, 0.2) is 64.9 Å². The van der Waals surface area contributed by atoms with Crippen molar-refractivity contribution < 1.29 is 23.0 Å². The highest BCUT2D eigenvalue weighted by Crippen LogP contribution is 2.37. The molecule has 0 amide bonds. The first-order chi connectivity index (χ1) is 15.7. The zero-order valence-corrected chi connectivity index (χ0v) is 20.8. The molecule has 0 unspecified atom stereocenters. The molecule has 0 aliphatic rings. The lowest BCUT2D eigenvalue weighted by Gasteiger charge is -2.15. The number of ether oxygens (including phenoxy) is 2. The van der Waals surface area contributed by atoms with Crippen LogP contribution in [-0.4, -0.2) is 48.3 Å². The van der Waals surface area contributed by atoms with E-state index in [0.29, 0.717) is 24.8 Å². The molecule has 178 valence electrons. The number of rotatable bonds is 11. The average Bonchev–Trinajstić information content (AvgIpc) is 3.30. The second-order valence-corrected chi connectivity index (χ2v) is 10.6. The molecule has 2 atom stereocenters. The fourth-order valence-corrected chi connectivity index (χ4v) is 4.96. The van der Waals surface area contributed by atoms with Crippen LogP contribution >= 0.6 is 34.8 Å². The summed E-state index contributed by atoms with van der Waals surface area (Å²) in [7, 11) is -3.88. The van der Waals surface area contributed by atoms with Crippen LogP contribution in [0.1, 0.15) is 6.92 Å². The summed E-state index contributed by atoms with van der Waals surface area (Å²) < 4.78 is 39.0. The van der Waals surface area contributed by atoms with E-state index in [4.69, 9.17) is 44.3 Å². The molecule has 3 rings (SSSR count). The quantitative estimate of drug-likeness (QED) is 0.359. The van der Waals surface area contributed by atoms with E-state index in [1.54, 1.807) is 23.3 Å². The maximum Gasteiger partial charge on any atom is 0.206 e. The van der Waals surface area contributed by atoms with Gasteiger partial charge in [-0.05, 0) is 36.4 Å². The SMILES string of the molecule is C[C@@H](CCl)COc1c(Cl)cc(S(=O)(=O)c2ccc(OC[C@@H](O)Cn3ccnc3)cc2)cc1Cl. The van der Waals surface area contributed by atoms with Crippen LogP contribution in [0.4, 0.5) is 0 Å². The molecule has 1 heterocycles. The number of aromatic nitrogens is 2. The maximum atomic E-state index is 13.1. The number of halogens is 3. The molecule has 1 N–H and O–H groups in total. The van der Waals surface area contributed by atoms with Gasteiger partial charge in [-0.3, -0.25) is 0 Å².